The Labute approximate surface area is 198 Å². The first-order valence-corrected chi connectivity index (χ1v) is 12.2. The molecule has 2 aromatic rings. The minimum absolute atomic E-state index is 0.121. The molecule has 1 aliphatic heterocycles. The highest BCUT2D eigenvalue weighted by Gasteiger charge is 2.27. The molecule has 33 heavy (non-hydrogen) atoms. The summed E-state index contributed by atoms with van der Waals surface area (Å²) in [5.41, 5.74) is 4.95. The molecule has 9 nitrogen and oxygen atoms in total. The SMILES string of the molecule is COc1cc(C(=O)NNC(=O)c2ccc(S(=O)(=O)N3CCCC3)cc2)cc(Cl)c1OC(C)C. The van der Waals surface area contributed by atoms with Crippen LogP contribution in [0.3, 0.4) is 0 Å². The number of carbonyl (C=O) groups excluding carboxylic acids is 2. The van der Waals surface area contributed by atoms with Crippen molar-refractivity contribution >= 4 is 33.4 Å². The summed E-state index contributed by atoms with van der Waals surface area (Å²) in [6, 6.07) is 8.39. The zero-order valence-electron chi connectivity index (χ0n) is 18.6. The molecule has 0 spiro atoms. The van der Waals surface area contributed by atoms with E-state index in [-0.39, 0.29) is 32.9 Å². The molecule has 11 heteroatoms. The monoisotopic (exact) mass is 495 g/mol. The van der Waals surface area contributed by atoms with E-state index in [4.69, 9.17) is 21.1 Å². The minimum atomic E-state index is -3.57. The van der Waals surface area contributed by atoms with E-state index in [1.807, 2.05) is 13.8 Å². The van der Waals surface area contributed by atoms with Crippen molar-refractivity contribution in [3.8, 4) is 11.5 Å². The molecule has 178 valence electrons. The van der Waals surface area contributed by atoms with Crippen molar-refractivity contribution in [1.29, 1.82) is 0 Å². The number of amides is 2. The minimum Gasteiger partial charge on any atom is -0.493 e. The summed E-state index contributed by atoms with van der Waals surface area (Å²) in [6.45, 7) is 4.66. The molecule has 0 atom stereocenters. The van der Waals surface area contributed by atoms with E-state index in [9.17, 15) is 18.0 Å². The average molecular weight is 496 g/mol. The molecule has 1 aliphatic rings. The number of nitrogens with one attached hydrogen (secondary N) is 2. The van der Waals surface area contributed by atoms with Crippen LogP contribution in [-0.2, 0) is 10.0 Å². The van der Waals surface area contributed by atoms with Gasteiger partial charge < -0.3 is 9.47 Å². The normalized spacial score (nSPS) is 14.2. The number of benzene rings is 2. The molecule has 2 aromatic carbocycles. The third-order valence-corrected chi connectivity index (χ3v) is 7.15. The van der Waals surface area contributed by atoms with Crippen LogP contribution in [0.2, 0.25) is 5.02 Å². The first kappa shape index (κ1) is 24.8. The lowest BCUT2D eigenvalue weighted by Gasteiger charge is -2.16. The van der Waals surface area contributed by atoms with Crippen LogP contribution >= 0.6 is 11.6 Å². The molecule has 1 saturated heterocycles. The summed E-state index contributed by atoms with van der Waals surface area (Å²) in [5, 5.41) is 0.189. The largest absolute Gasteiger partial charge is 0.493 e. The van der Waals surface area contributed by atoms with Gasteiger partial charge in [0.05, 0.1) is 23.1 Å². The Kier molecular flexibility index (Phi) is 7.83. The Bertz CT molecular complexity index is 1130. The molecule has 0 aromatic heterocycles. The maximum Gasteiger partial charge on any atom is 0.269 e. The van der Waals surface area contributed by atoms with E-state index < -0.39 is 21.8 Å². The molecule has 0 saturated carbocycles. The second-order valence-corrected chi connectivity index (χ2v) is 10.0. The van der Waals surface area contributed by atoms with E-state index in [0.29, 0.717) is 18.8 Å². The second kappa shape index (κ2) is 10.4. The number of rotatable bonds is 7. The number of sulfonamides is 1. The number of hydrazine groups is 1. The van der Waals surface area contributed by atoms with Gasteiger partial charge in [-0.2, -0.15) is 4.31 Å². The van der Waals surface area contributed by atoms with Crippen LogP contribution in [0.5, 0.6) is 11.5 Å². The Morgan fingerprint density at radius 2 is 1.58 bits per heavy atom. The summed E-state index contributed by atoms with van der Waals surface area (Å²) in [7, 11) is -2.14. The smallest absolute Gasteiger partial charge is 0.269 e. The fourth-order valence-corrected chi connectivity index (χ4v) is 5.09. The van der Waals surface area contributed by atoms with Crippen molar-refractivity contribution < 1.29 is 27.5 Å². The number of carbonyl (C=O) groups is 2. The van der Waals surface area contributed by atoms with Crippen molar-refractivity contribution in [3.63, 3.8) is 0 Å². The topological polar surface area (TPSA) is 114 Å². The lowest BCUT2D eigenvalue weighted by atomic mass is 10.2. The highest BCUT2D eigenvalue weighted by atomic mass is 35.5. The molecule has 3 rings (SSSR count). The maximum atomic E-state index is 12.6. The number of ether oxygens (including phenoxy) is 2. The maximum absolute atomic E-state index is 12.6. The van der Waals surface area contributed by atoms with Crippen LogP contribution in [0.1, 0.15) is 47.4 Å². The third kappa shape index (κ3) is 5.76. The van der Waals surface area contributed by atoms with Crippen LogP contribution in [0.15, 0.2) is 41.3 Å². The van der Waals surface area contributed by atoms with E-state index >= 15 is 0 Å². The van der Waals surface area contributed by atoms with Crippen molar-refractivity contribution in [2.45, 2.75) is 37.7 Å². The highest BCUT2D eigenvalue weighted by molar-refractivity contribution is 7.89. The molecule has 2 amide bonds. The Morgan fingerprint density at radius 3 is 2.12 bits per heavy atom. The summed E-state index contributed by atoms with van der Waals surface area (Å²) in [6.07, 6.45) is 1.53. The fraction of sp³-hybridized carbons (Fsp3) is 0.364. The van der Waals surface area contributed by atoms with E-state index in [0.717, 1.165) is 12.8 Å². The number of halogens is 1. The Morgan fingerprint density at radius 1 is 1.00 bits per heavy atom. The zero-order valence-corrected chi connectivity index (χ0v) is 20.1. The molecule has 0 bridgehead atoms. The van der Waals surface area contributed by atoms with Crippen LogP contribution < -0.4 is 20.3 Å². The molecule has 0 radical (unpaired) electrons. The van der Waals surface area contributed by atoms with E-state index in [1.165, 1.54) is 47.8 Å². The second-order valence-electron chi connectivity index (χ2n) is 7.70. The first-order valence-electron chi connectivity index (χ1n) is 10.4. The van der Waals surface area contributed by atoms with Gasteiger partial charge in [-0.15, -0.1) is 0 Å². The lowest BCUT2D eigenvalue weighted by molar-refractivity contribution is 0.0846. The quantitative estimate of drug-likeness (QED) is 0.571. The summed E-state index contributed by atoms with van der Waals surface area (Å²) in [4.78, 5) is 25.0. The predicted octanol–water partition coefficient (Wildman–Crippen LogP) is 3.00. The van der Waals surface area contributed by atoms with Crippen LogP contribution in [0, 0.1) is 0 Å². The number of methoxy groups -OCH3 is 1. The first-order chi connectivity index (χ1) is 15.6. The van der Waals surface area contributed by atoms with Crippen LogP contribution in [0.4, 0.5) is 0 Å². The fourth-order valence-electron chi connectivity index (χ4n) is 3.31. The number of hydrogen-bond donors (Lipinski definition) is 2. The Hall–Kier alpha value is -2.82. The lowest BCUT2D eigenvalue weighted by Crippen LogP contribution is -2.41. The van der Waals surface area contributed by atoms with Gasteiger partial charge in [-0.1, -0.05) is 11.6 Å². The standard InChI is InChI=1S/C22H26ClN3O6S/c1-14(2)32-20-18(23)12-16(13-19(20)31-3)22(28)25-24-21(27)15-6-8-17(9-7-15)33(29,30)26-10-4-5-11-26/h6-9,12-14H,4-5,10-11H2,1-3H3,(H,24,27)(H,25,28). The summed E-state index contributed by atoms with van der Waals surface area (Å²) >= 11 is 6.23. The third-order valence-electron chi connectivity index (χ3n) is 4.95. The van der Waals surface area contributed by atoms with Gasteiger partial charge in [0.15, 0.2) is 11.5 Å². The van der Waals surface area contributed by atoms with Gasteiger partial charge in [0, 0.05) is 24.2 Å². The molecule has 0 unspecified atom stereocenters. The predicted molar refractivity (Wildman–Crippen MR) is 123 cm³/mol. The molecule has 0 aliphatic carbocycles. The molecule has 1 fully saturated rings. The van der Waals surface area contributed by atoms with Crippen molar-refractivity contribution in [1.82, 2.24) is 15.2 Å². The van der Waals surface area contributed by atoms with Gasteiger partial charge in [0.1, 0.15) is 0 Å². The van der Waals surface area contributed by atoms with Crippen LogP contribution in [-0.4, -0.2) is 50.8 Å². The van der Waals surface area contributed by atoms with Gasteiger partial charge in [-0.3, -0.25) is 20.4 Å². The van der Waals surface area contributed by atoms with Crippen molar-refractivity contribution in [3.05, 3.63) is 52.5 Å². The Balaban J connectivity index is 1.66. The number of hydrogen-bond acceptors (Lipinski definition) is 6. The van der Waals surface area contributed by atoms with Gasteiger partial charge >= 0.3 is 0 Å². The zero-order chi connectivity index (χ0) is 24.2. The summed E-state index contributed by atoms with van der Waals surface area (Å²) in [5.74, 6) is -0.625. The molecular formula is C22H26ClN3O6S. The van der Waals surface area contributed by atoms with Crippen molar-refractivity contribution in [2.75, 3.05) is 20.2 Å². The van der Waals surface area contributed by atoms with E-state index in [1.54, 1.807) is 0 Å². The number of nitrogens with zero attached hydrogens (tertiary/aromatic N) is 1. The molecule has 2 N–H and O–H groups in total. The average Bonchev–Trinajstić information content (AvgIpc) is 3.34. The van der Waals surface area contributed by atoms with Gasteiger partial charge in [0.2, 0.25) is 10.0 Å². The van der Waals surface area contributed by atoms with E-state index in [2.05, 4.69) is 10.9 Å². The van der Waals surface area contributed by atoms with Gasteiger partial charge in [-0.25, -0.2) is 8.42 Å². The molecular weight excluding hydrogens is 470 g/mol. The molecule has 1 heterocycles. The highest BCUT2D eigenvalue weighted by Crippen LogP contribution is 2.37. The van der Waals surface area contributed by atoms with Crippen molar-refractivity contribution in [2.24, 2.45) is 0 Å². The van der Waals surface area contributed by atoms with Gasteiger partial charge in [0.25, 0.3) is 11.8 Å². The van der Waals surface area contributed by atoms with Crippen LogP contribution in [0.25, 0.3) is 0 Å². The summed E-state index contributed by atoms with van der Waals surface area (Å²) < 4.78 is 37.5. The van der Waals surface area contributed by atoms with Gasteiger partial charge in [-0.05, 0) is 63.1 Å².